The zero-order chi connectivity index (χ0) is 21.8. The second kappa shape index (κ2) is 9.39. The molecule has 162 valence electrons. The number of benzene rings is 2. The van der Waals surface area contributed by atoms with Crippen LogP contribution in [0.2, 0.25) is 0 Å². The summed E-state index contributed by atoms with van der Waals surface area (Å²) in [6.45, 7) is 3.40. The van der Waals surface area contributed by atoms with Gasteiger partial charge >= 0.3 is 0 Å². The molecule has 1 aliphatic rings. The minimum atomic E-state index is -0.600. The topological polar surface area (TPSA) is 47.4 Å². The molecule has 0 aliphatic carbocycles. The van der Waals surface area contributed by atoms with E-state index >= 15 is 0 Å². The van der Waals surface area contributed by atoms with E-state index in [2.05, 4.69) is 5.10 Å². The van der Waals surface area contributed by atoms with Crippen molar-refractivity contribution in [1.29, 1.82) is 0 Å². The third kappa shape index (κ3) is 4.99. The van der Waals surface area contributed by atoms with Crippen molar-refractivity contribution < 1.29 is 18.3 Å². The highest BCUT2D eigenvalue weighted by molar-refractivity contribution is 5.76. The summed E-state index contributed by atoms with van der Waals surface area (Å²) in [5.74, 6) is -1.16. The quantitative estimate of drug-likeness (QED) is 0.580. The number of carbonyl (C=O) groups is 1. The highest BCUT2D eigenvalue weighted by Gasteiger charge is 2.30. The number of rotatable bonds is 6. The van der Waals surface area contributed by atoms with E-state index in [0.717, 1.165) is 23.6 Å². The smallest absolute Gasteiger partial charge is 0.244 e. The van der Waals surface area contributed by atoms with Gasteiger partial charge in [-0.2, -0.15) is 5.10 Å². The SMILES string of the molecule is CCN(C(=O)Cn1cccn1)[C@H]1CCO[C@@H](c2ccc(-c3cc(F)cc(F)c3)cc2)C1. The Morgan fingerprint density at radius 2 is 1.90 bits per heavy atom. The van der Waals surface area contributed by atoms with Crippen molar-refractivity contribution in [3.63, 3.8) is 0 Å². The third-order valence-electron chi connectivity index (χ3n) is 5.69. The van der Waals surface area contributed by atoms with Gasteiger partial charge in [-0.1, -0.05) is 24.3 Å². The molecule has 0 saturated carbocycles. The number of carbonyl (C=O) groups excluding carboxylic acids is 1. The fourth-order valence-corrected chi connectivity index (χ4v) is 4.17. The molecule has 1 fully saturated rings. The summed E-state index contributed by atoms with van der Waals surface area (Å²) in [7, 11) is 0. The number of hydrogen-bond donors (Lipinski definition) is 0. The molecule has 7 heteroatoms. The van der Waals surface area contributed by atoms with E-state index < -0.39 is 11.6 Å². The third-order valence-corrected chi connectivity index (χ3v) is 5.69. The zero-order valence-corrected chi connectivity index (χ0v) is 17.4. The van der Waals surface area contributed by atoms with E-state index in [1.165, 1.54) is 12.1 Å². The van der Waals surface area contributed by atoms with Gasteiger partial charge in [0.05, 0.1) is 6.10 Å². The van der Waals surface area contributed by atoms with Gasteiger partial charge in [0.1, 0.15) is 18.2 Å². The van der Waals surface area contributed by atoms with Crippen LogP contribution in [-0.4, -0.2) is 39.8 Å². The lowest BCUT2D eigenvalue weighted by Crippen LogP contribution is -2.45. The summed E-state index contributed by atoms with van der Waals surface area (Å²) in [6, 6.07) is 12.9. The lowest BCUT2D eigenvalue weighted by atomic mass is 9.94. The van der Waals surface area contributed by atoms with Gasteiger partial charge in [-0.15, -0.1) is 0 Å². The summed E-state index contributed by atoms with van der Waals surface area (Å²) in [5, 5.41) is 4.12. The molecule has 5 nitrogen and oxygen atoms in total. The Labute approximate surface area is 180 Å². The Kier molecular flexibility index (Phi) is 6.42. The second-order valence-electron chi connectivity index (χ2n) is 7.70. The number of amides is 1. The molecule has 2 aromatic carbocycles. The Hall–Kier alpha value is -3.06. The first-order chi connectivity index (χ1) is 15.0. The van der Waals surface area contributed by atoms with E-state index in [-0.39, 0.29) is 24.6 Å². The van der Waals surface area contributed by atoms with Gasteiger partial charge < -0.3 is 9.64 Å². The highest BCUT2D eigenvalue weighted by atomic mass is 19.1. The predicted octanol–water partition coefficient (Wildman–Crippen LogP) is 4.60. The van der Waals surface area contributed by atoms with Crippen LogP contribution in [0.15, 0.2) is 60.9 Å². The Morgan fingerprint density at radius 1 is 1.16 bits per heavy atom. The number of nitrogens with zero attached hydrogens (tertiary/aromatic N) is 3. The van der Waals surface area contributed by atoms with E-state index in [1.807, 2.05) is 36.1 Å². The maximum absolute atomic E-state index is 13.5. The van der Waals surface area contributed by atoms with E-state index in [4.69, 9.17) is 4.74 Å². The fraction of sp³-hybridized carbons (Fsp3) is 0.333. The molecule has 4 rings (SSSR count). The van der Waals surface area contributed by atoms with Crippen molar-refractivity contribution in [2.45, 2.75) is 38.5 Å². The molecule has 0 spiro atoms. The molecule has 1 saturated heterocycles. The molecule has 31 heavy (non-hydrogen) atoms. The first kappa shape index (κ1) is 21.2. The zero-order valence-electron chi connectivity index (χ0n) is 17.4. The summed E-state index contributed by atoms with van der Waals surface area (Å²) in [4.78, 5) is 14.7. The summed E-state index contributed by atoms with van der Waals surface area (Å²) < 4.78 is 34.7. The maximum atomic E-state index is 13.5. The van der Waals surface area contributed by atoms with Crippen molar-refractivity contribution in [1.82, 2.24) is 14.7 Å². The van der Waals surface area contributed by atoms with Gasteiger partial charge in [0.25, 0.3) is 0 Å². The van der Waals surface area contributed by atoms with Gasteiger partial charge in [-0.3, -0.25) is 9.48 Å². The van der Waals surface area contributed by atoms with Gasteiger partial charge in [0.15, 0.2) is 0 Å². The fourth-order valence-electron chi connectivity index (χ4n) is 4.17. The van der Waals surface area contributed by atoms with Crippen LogP contribution in [0.5, 0.6) is 0 Å². The number of likely N-dealkylation sites (N-methyl/N-ethyl adjacent to an activating group) is 1. The van der Waals surface area contributed by atoms with Crippen LogP contribution in [-0.2, 0) is 16.1 Å². The van der Waals surface area contributed by atoms with Crippen LogP contribution in [0.25, 0.3) is 11.1 Å². The lowest BCUT2D eigenvalue weighted by Gasteiger charge is -2.37. The first-order valence-electron chi connectivity index (χ1n) is 10.5. The molecule has 0 radical (unpaired) electrons. The lowest BCUT2D eigenvalue weighted by molar-refractivity contribution is -0.137. The van der Waals surface area contributed by atoms with Crippen molar-refractivity contribution in [3.8, 4) is 11.1 Å². The molecule has 1 aromatic heterocycles. The van der Waals surface area contributed by atoms with Crippen LogP contribution in [0.4, 0.5) is 8.78 Å². The second-order valence-corrected chi connectivity index (χ2v) is 7.70. The first-order valence-corrected chi connectivity index (χ1v) is 10.5. The molecular formula is C24H25F2N3O2. The van der Waals surface area contributed by atoms with E-state index in [9.17, 15) is 13.6 Å². The predicted molar refractivity (Wildman–Crippen MR) is 113 cm³/mol. The summed E-state index contributed by atoms with van der Waals surface area (Å²) in [5.41, 5.74) is 2.22. The highest BCUT2D eigenvalue weighted by Crippen LogP contribution is 2.32. The standard InChI is InChI=1S/C24H25F2N3O2/c1-2-29(24(30)16-28-10-3-9-27-28)22-8-11-31-23(15-22)18-6-4-17(5-7-18)19-12-20(25)14-21(26)13-19/h3-7,9-10,12-14,22-23H,2,8,11,15-16H2,1H3/t22-,23+/m0/s1. The van der Waals surface area contributed by atoms with Crippen LogP contribution < -0.4 is 0 Å². The van der Waals surface area contributed by atoms with Crippen molar-refractivity contribution in [2.24, 2.45) is 0 Å². The van der Waals surface area contributed by atoms with Crippen molar-refractivity contribution in [3.05, 3.63) is 78.1 Å². The Morgan fingerprint density at radius 3 is 2.55 bits per heavy atom. The molecule has 1 aliphatic heterocycles. The average Bonchev–Trinajstić information content (AvgIpc) is 3.27. The van der Waals surface area contributed by atoms with Gasteiger partial charge in [0, 0.05) is 37.7 Å². The molecule has 0 unspecified atom stereocenters. The molecule has 1 amide bonds. The van der Waals surface area contributed by atoms with Crippen LogP contribution in [0, 0.1) is 11.6 Å². The van der Waals surface area contributed by atoms with E-state index in [0.29, 0.717) is 25.1 Å². The van der Waals surface area contributed by atoms with Crippen LogP contribution in [0.1, 0.15) is 31.4 Å². The van der Waals surface area contributed by atoms with Crippen LogP contribution >= 0.6 is 0 Å². The molecular weight excluding hydrogens is 400 g/mol. The molecule has 0 N–H and O–H groups in total. The number of aromatic nitrogens is 2. The van der Waals surface area contributed by atoms with Gasteiger partial charge in [-0.05, 0) is 54.7 Å². The summed E-state index contributed by atoms with van der Waals surface area (Å²) >= 11 is 0. The Bertz CT molecular complexity index is 1000. The van der Waals surface area contributed by atoms with E-state index in [1.54, 1.807) is 23.1 Å². The average molecular weight is 425 g/mol. The normalized spacial score (nSPS) is 18.7. The molecule has 2 heterocycles. The van der Waals surface area contributed by atoms with Crippen molar-refractivity contribution >= 4 is 5.91 Å². The summed E-state index contributed by atoms with van der Waals surface area (Å²) in [6.07, 6.45) is 4.80. The van der Waals surface area contributed by atoms with Gasteiger partial charge in [0.2, 0.25) is 5.91 Å². The largest absolute Gasteiger partial charge is 0.373 e. The monoisotopic (exact) mass is 425 g/mol. The Balaban J connectivity index is 1.45. The molecule has 2 atom stereocenters. The number of halogens is 2. The molecule has 3 aromatic rings. The number of ether oxygens (including phenoxy) is 1. The van der Waals surface area contributed by atoms with Crippen molar-refractivity contribution in [2.75, 3.05) is 13.2 Å². The maximum Gasteiger partial charge on any atom is 0.244 e. The molecule has 0 bridgehead atoms. The van der Waals surface area contributed by atoms with Crippen LogP contribution in [0.3, 0.4) is 0 Å². The van der Waals surface area contributed by atoms with Gasteiger partial charge in [-0.25, -0.2) is 8.78 Å². The minimum Gasteiger partial charge on any atom is -0.373 e. The number of hydrogen-bond acceptors (Lipinski definition) is 3. The minimum absolute atomic E-state index is 0.0420.